The van der Waals surface area contributed by atoms with Gasteiger partial charge in [0.2, 0.25) is 0 Å². The molecule has 0 radical (unpaired) electrons. The molecule has 32 heavy (non-hydrogen) atoms. The zero-order valence-corrected chi connectivity index (χ0v) is 19.1. The van der Waals surface area contributed by atoms with E-state index in [1.165, 1.54) is 9.91 Å². The Morgan fingerprint density at radius 1 is 1.09 bits per heavy atom. The fraction of sp³-hybridized carbons (Fsp3) is 0.240. The molecule has 0 N–H and O–H groups in total. The Kier molecular flexibility index (Phi) is 6.15. The Labute approximate surface area is 192 Å². The molecule has 1 aliphatic heterocycles. The number of carbonyl (C=O) groups is 2. The summed E-state index contributed by atoms with van der Waals surface area (Å²) in [5.74, 6) is -0.552. The van der Waals surface area contributed by atoms with Crippen LogP contribution >= 0.6 is 11.6 Å². The highest BCUT2D eigenvalue weighted by Crippen LogP contribution is 2.33. The van der Waals surface area contributed by atoms with Gasteiger partial charge in [-0.15, -0.1) is 0 Å². The summed E-state index contributed by atoms with van der Waals surface area (Å²) in [6.45, 7) is 1.93. The van der Waals surface area contributed by atoms with Crippen LogP contribution in [0.2, 0.25) is 5.02 Å². The standard InChI is InChI=1S/C25H25ClN4O2/c1-17-10-12-18(13-11-17)23-15-21(22-9-6-14-28(22)2)27-30(23)24(31)16-29(3)25(32)19-7-4-5-8-20(19)26/h4-14,23H,15-16H2,1-3H3. The summed E-state index contributed by atoms with van der Waals surface area (Å²) >= 11 is 6.17. The number of hydrazone groups is 1. The quantitative estimate of drug-likeness (QED) is 0.579. The first-order valence-corrected chi connectivity index (χ1v) is 10.8. The summed E-state index contributed by atoms with van der Waals surface area (Å²) < 4.78 is 1.99. The molecule has 0 aliphatic carbocycles. The van der Waals surface area contributed by atoms with Gasteiger partial charge in [0.25, 0.3) is 11.8 Å². The number of nitrogens with zero attached hydrogens (tertiary/aromatic N) is 4. The summed E-state index contributed by atoms with van der Waals surface area (Å²) in [6, 6.07) is 18.7. The third-order valence-corrected chi connectivity index (χ3v) is 6.02. The van der Waals surface area contributed by atoms with Crippen LogP contribution < -0.4 is 0 Å². The van der Waals surface area contributed by atoms with E-state index < -0.39 is 0 Å². The first-order valence-electron chi connectivity index (χ1n) is 10.4. The van der Waals surface area contributed by atoms with E-state index in [1.807, 2.05) is 61.1 Å². The van der Waals surface area contributed by atoms with Crippen LogP contribution in [0, 0.1) is 6.92 Å². The molecule has 1 aromatic heterocycles. The van der Waals surface area contributed by atoms with Gasteiger partial charge < -0.3 is 9.47 Å². The maximum Gasteiger partial charge on any atom is 0.262 e. The lowest BCUT2D eigenvalue weighted by Crippen LogP contribution is -2.39. The molecule has 0 saturated carbocycles. The van der Waals surface area contributed by atoms with Crippen molar-refractivity contribution in [3.63, 3.8) is 0 Å². The second-order valence-corrected chi connectivity index (χ2v) is 8.47. The molecular formula is C25H25ClN4O2. The molecule has 0 spiro atoms. The molecule has 7 heteroatoms. The largest absolute Gasteiger partial charge is 0.350 e. The monoisotopic (exact) mass is 448 g/mol. The highest BCUT2D eigenvalue weighted by molar-refractivity contribution is 6.33. The Balaban J connectivity index is 1.59. The van der Waals surface area contributed by atoms with Crippen molar-refractivity contribution in [2.45, 2.75) is 19.4 Å². The topological polar surface area (TPSA) is 57.9 Å². The van der Waals surface area contributed by atoms with Crippen LogP contribution in [-0.4, -0.2) is 45.6 Å². The van der Waals surface area contributed by atoms with Gasteiger partial charge in [0.1, 0.15) is 6.54 Å². The van der Waals surface area contributed by atoms with Crippen LogP contribution in [0.5, 0.6) is 0 Å². The third kappa shape index (κ3) is 4.32. The molecule has 2 aromatic carbocycles. The van der Waals surface area contributed by atoms with Crippen molar-refractivity contribution >= 4 is 29.1 Å². The number of amides is 2. The molecule has 0 bridgehead atoms. The zero-order chi connectivity index (χ0) is 22.8. The lowest BCUT2D eigenvalue weighted by atomic mass is 9.99. The number of hydrogen-bond donors (Lipinski definition) is 0. The molecule has 0 fully saturated rings. The number of carbonyl (C=O) groups excluding carboxylic acids is 2. The number of rotatable bonds is 5. The molecule has 6 nitrogen and oxygen atoms in total. The molecule has 1 aliphatic rings. The minimum atomic E-state index is -0.304. The normalized spacial score (nSPS) is 15.6. The van der Waals surface area contributed by atoms with Gasteiger partial charge in [0.05, 0.1) is 28.0 Å². The van der Waals surface area contributed by atoms with Gasteiger partial charge in [-0.3, -0.25) is 9.59 Å². The minimum Gasteiger partial charge on any atom is -0.350 e. The molecular weight excluding hydrogens is 424 g/mol. The Hall–Kier alpha value is -3.38. The summed E-state index contributed by atoms with van der Waals surface area (Å²) in [7, 11) is 3.56. The molecule has 4 rings (SSSR count). The summed E-state index contributed by atoms with van der Waals surface area (Å²) in [5, 5.41) is 6.57. The maximum atomic E-state index is 13.3. The second-order valence-electron chi connectivity index (χ2n) is 8.06. The highest BCUT2D eigenvalue weighted by Gasteiger charge is 2.34. The number of halogens is 1. The van der Waals surface area contributed by atoms with Gasteiger partial charge >= 0.3 is 0 Å². The van der Waals surface area contributed by atoms with Crippen molar-refractivity contribution in [3.05, 3.63) is 94.3 Å². The SMILES string of the molecule is Cc1ccc(C2CC(c3cccn3C)=NN2C(=O)CN(C)C(=O)c2ccccc2Cl)cc1. The second kappa shape index (κ2) is 9.01. The lowest BCUT2D eigenvalue weighted by Gasteiger charge is -2.25. The molecule has 164 valence electrons. The summed E-state index contributed by atoms with van der Waals surface area (Å²) in [4.78, 5) is 27.5. The first kappa shape index (κ1) is 21.8. The molecule has 3 aromatic rings. The predicted octanol–water partition coefficient (Wildman–Crippen LogP) is 4.44. The zero-order valence-electron chi connectivity index (χ0n) is 18.3. The summed E-state index contributed by atoms with van der Waals surface area (Å²) in [6.07, 6.45) is 2.56. The Morgan fingerprint density at radius 3 is 2.47 bits per heavy atom. The van der Waals surface area contributed by atoms with Crippen LogP contribution in [0.25, 0.3) is 0 Å². The summed E-state index contributed by atoms with van der Waals surface area (Å²) in [5.41, 5.74) is 4.35. The molecule has 2 amide bonds. The van der Waals surface area contributed by atoms with Gasteiger partial charge in [0.15, 0.2) is 0 Å². The van der Waals surface area contributed by atoms with Gasteiger partial charge in [-0.1, -0.05) is 53.6 Å². The molecule has 2 heterocycles. The van der Waals surface area contributed by atoms with Crippen LogP contribution in [0.15, 0.2) is 72.0 Å². The number of aromatic nitrogens is 1. The van der Waals surface area contributed by atoms with E-state index in [1.54, 1.807) is 31.3 Å². The van der Waals surface area contributed by atoms with Gasteiger partial charge in [-0.2, -0.15) is 5.10 Å². The Bertz CT molecular complexity index is 1180. The number of hydrogen-bond acceptors (Lipinski definition) is 3. The lowest BCUT2D eigenvalue weighted by molar-refractivity contribution is -0.133. The van der Waals surface area contributed by atoms with Crippen LogP contribution in [0.1, 0.15) is 39.6 Å². The van der Waals surface area contributed by atoms with Crippen molar-refractivity contribution in [3.8, 4) is 0 Å². The minimum absolute atomic E-state index is 0.101. The molecule has 1 atom stereocenters. The van der Waals surface area contributed by atoms with E-state index in [-0.39, 0.29) is 24.4 Å². The van der Waals surface area contributed by atoms with Crippen molar-refractivity contribution in [1.82, 2.24) is 14.5 Å². The number of benzene rings is 2. The van der Waals surface area contributed by atoms with Crippen LogP contribution in [0.3, 0.4) is 0 Å². The maximum absolute atomic E-state index is 13.3. The van der Waals surface area contributed by atoms with Crippen molar-refractivity contribution in [2.24, 2.45) is 12.1 Å². The fourth-order valence-electron chi connectivity index (χ4n) is 3.89. The highest BCUT2D eigenvalue weighted by atomic mass is 35.5. The van der Waals surface area contributed by atoms with Gasteiger partial charge in [-0.25, -0.2) is 5.01 Å². The average molecular weight is 449 g/mol. The van der Waals surface area contributed by atoms with E-state index >= 15 is 0 Å². The van der Waals surface area contributed by atoms with Gasteiger partial charge in [0, 0.05) is 26.7 Å². The van der Waals surface area contributed by atoms with Crippen LogP contribution in [0.4, 0.5) is 0 Å². The van der Waals surface area contributed by atoms with E-state index in [4.69, 9.17) is 11.6 Å². The number of aryl methyl sites for hydroxylation is 2. The van der Waals surface area contributed by atoms with E-state index in [0.717, 1.165) is 22.5 Å². The average Bonchev–Trinajstić information content (AvgIpc) is 3.40. The predicted molar refractivity (Wildman–Crippen MR) is 126 cm³/mol. The van der Waals surface area contributed by atoms with Crippen molar-refractivity contribution in [2.75, 3.05) is 13.6 Å². The Morgan fingerprint density at radius 2 is 1.81 bits per heavy atom. The fourth-order valence-corrected chi connectivity index (χ4v) is 4.11. The molecule has 1 unspecified atom stereocenters. The van der Waals surface area contributed by atoms with Gasteiger partial charge in [-0.05, 0) is 36.8 Å². The van der Waals surface area contributed by atoms with Crippen LogP contribution in [-0.2, 0) is 11.8 Å². The smallest absolute Gasteiger partial charge is 0.262 e. The third-order valence-electron chi connectivity index (χ3n) is 5.69. The number of likely N-dealkylation sites (N-methyl/N-ethyl adjacent to an activating group) is 1. The van der Waals surface area contributed by atoms with E-state index in [9.17, 15) is 9.59 Å². The first-order chi connectivity index (χ1) is 15.3. The van der Waals surface area contributed by atoms with E-state index in [2.05, 4.69) is 5.10 Å². The van der Waals surface area contributed by atoms with E-state index in [0.29, 0.717) is 17.0 Å². The van der Waals surface area contributed by atoms with Crippen molar-refractivity contribution < 1.29 is 9.59 Å². The molecule has 0 saturated heterocycles. The van der Waals surface area contributed by atoms with Crippen molar-refractivity contribution in [1.29, 1.82) is 0 Å².